The topological polar surface area (TPSA) is 67.9 Å². The molecule has 0 aliphatic carbocycles. The molecule has 1 aliphatic rings. The highest BCUT2D eigenvalue weighted by molar-refractivity contribution is 9.10. The molecular weight excluding hydrogens is 413 g/mol. The van der Waals surface area contributed by atoms with Crippen LogP contribution in [0.25, 0.3) is 0 Å². The van der Waals surface area contributed by atoms with E-state index in [2.05, 4.69) is 25.8 Å². The molecule has 1 aliphatic heterocycles. The van der Waals surface area contributed by atoms with Gasteiger partial charge in [-0.25, -0.2) is 9.38 Å². The van der Waals surface area contributed by atoms with Gasteiger partial charge in [-0.15, -0.1) is 0 Å². The van der Waals surface area contributed by atoms with Gasteiger partial charge in [0, 0.05) is 19.0 Å². The number of piperidine rings is 1. The van der Waals surface area contributed by atoms with Gasteiger partial charge in [0.25, 0.3) is 0 Å². The number of rotatable bonds is 5. The SMILES string of the molecule is COc1ccccc1N1CCC(C(=O)C(N)=Nc2ccc(F)c(Br)c2)CC1. The number of hydrogen-bond acceptors (Lipinski definition) is 4. The quantitative estimate of drug-likeness (QED) is 0.569. The van der Waals surface area contributed by atoms with Gasteiger partial charge in [-0.05, 0) is 59.1 Å². The fourth-order valence-corrected chi connectivity index (χ4v) is 3.60. The Kier molecular flexibility index (Phi) is 6.11. The zero-order valence-corrected chi connectivity index (χ0v) is 16.6. The predicted octanol–water partition coefficient (Wildman–Crippen LogP) is 4.07. The number of aliphatic imine (C=N–C) groups is 1. The molecule has 0 unspecified atom stereocenters. The third-order valence-electron chi connectivity index (χ3n) is 4.70. The second kappa shape index (κ2) is 8.52. The van der Waals surface area contributed by atoms with Gasteiger partial charge in [-0.3, -0.25) is 4.79 Å². The van der Waals surface area contributed by atoms with E-state index in [-0.39, 0.29) is 27.8 Å². The molecule has 2 aromatic rings. The summed E-state index contributed by atoms with van der Waals surface area (Å²) in [4.78, 5) is 19.0. The molecule has 1 heterocycles. The molecule has 0 spiro atoms. The molecule has 0 atom stereocenters. The molecule has 0 saturated carbocycles. The molecule has 142 valence electrons. The highest BCUT2D eigenvalue weighted by Crippen LogP contribution is 2.31. The maximum Gasteiger partial charge on any atom is 0.200 e. The summed E-state index contributed by atoms with van der Waals surface area (Å²) >= 11 is 3.10. The van der Waals surface area contributed by atoms with E-state index in [1.54, 1.807) is 7.11 Å². The minimum absolute atomic E-state index is 0.0377. The summed E-state index contributed by atoms with van der Waals surface area (Å²) < 4.78 is 19.0. The van der Waals surface area contributed by atoms with E-state index in [0.717, 1.165) is 24.5 Å². The first kappa shape index (κ1) is 19.4. The second-order valence-corrected chi connectivity index (χ2v) is 7.25. The van der Waals surface area contributed by atoms with Crippen LogP contribution in [0.15, 0.2) is 51.9 Å². The summed E-state index contributed by atoms with van der Waals surface area (Å²) in [5, 5.41) is 0. The Bertz CT molecular complexity index is 864. The Morgan fingerprint density at radius 1 is 1.26 bits per heavy atom. The fourth-order valence-electron chi connectivity index (χ4n) is 3.23. The van der Waals surface area contributed by atoms with Crippen LogP contribution in [0.2, 0.25) is 0 Å². The van der Waals surface area contributed by atoms with Gasteiger partial charge in [-0.1, -0.05) is 12.1 Å². The standard InChI is InChI=1S/C20H21BrFN3O2/c1-27-18-5-3-2-4-17(18)25-10-8-13(9-11-25)19(26)20(23)24-14-6-7-16(22)15(21)12-14/h2-7,12-13H,8-11H2,1H3,(H2,23,24). The van der Waals surface area contributed by atoms with Gasteiger partial charge in [0.2, 0.25) is 5.78 Å². The number of Topliss-reactive ketones (excluding diaryl/α,β-unsaturated/α-hetero) is 1. The van der Waals surface area contributed by atoms with Crippen LogP contribution in [0.4, 0.5) is 15.8 Å². The minimum Gasteiger partial charge on any atom is -0.495 e. The van der Waals surface area contributed by atoms with E-state index in [0.29, 0.717) is 18.5 Å². The van der Waals surface area contributed by atoms with Crippen LogP contribution < -0.4 is 15.4 Å². The molecule has 0 amide bonds. The number of methoxy groups -OCH3 is 1. The van der Waals surface area contributed by atoms with E-state index in [1.807, 2.05) is 24.3 Å². The number of ketones is 1. The van der Waals surface area contributed by atoms with Gasteiger partial charge in [0.1, 0.15) is 11.6 Å². The molecule has 27 heavy (non-hydrogen) atoms. The van der Waals surface area contributed by atoms with E-state index >= 15 is 0 Å². The summed E-state index contributed by atoms with van der Waals surface area (Å²) in [5.74, 6) is 0.0794. The number of nitrogens with zero attached hydrogens (tertiary/aromatic N) is 2. The molecule has 0 radical (unpaired) electrons. The van der Waals surface area contributed by atoms with Crippen molar-refractivity contribution in [2.24, 2.45) is 16.6 Å². The first-order chi connectivity index (χ1) is 13.0. The molecule has 2 aromatic carbocycles. The van der Waals surface area contributed by atoms with Crippen molar-refractivity contribution in [3.8, 4) is 5.75 Å². The number of hydrogen-bond donors (Lipinski definition) is 1. The number of nitrogens with two attached hydrogens (primary N) is 1. The molecule has 0 aromatic heterocycles. The first-order valence-electron chi connectivity index (χ1n) is 8.71. The van der Waals surface area contributed by atoms with Gasteiger partial charge in [-0.2, -0.15) is 0 Å². The maximum absolute atomic E-state index is 13.3. The van der Waals surface area contributed by atoms with Gasteiger partial charge in [0.05, 0.1) is 23.0 Å². The second-order valence-electron chi connectivity index (χ2n) is 6.39. The average molecular weight is 434 g/mol. The zero-order chi connectivity index (χ0) is 19.4. The number of anilines is 1. The van der Waals surface area contributed by atoms with E-state index in [4.69, 9.17) is 10.5 Å². The van der Waals surface area contributed by atoms with Crippen molar-refractivity contribution in [1.82, 2.24) is 0 Å². The van der Waals surface area contributed by atoms with E-state index in [1.165, 1.54) is 18.2 Å². The number of carbonyl (C=O) groups excluding carboxylic acids is 1. The Balaban J connectivity index is 1.65. The van der Waals surface area contributed by atoms with Crippen molar-refractivity contribution in [2.75, 3.05) is 25.1 Å². The minimum atomic E-state index is -0.387. The van der Waals surface area contributed by atoms with Gasteiger partial charge in [0.15, 0.2) is 5.84 Å². The zero-order valence-electron chi connectivity index (χ0n) is 15.0. The molecule has 2 N–H and O–H groups in total. The summed E-state index contributed by atoms with van der Waals surface area (Å²) in [6.45, 7) is 1.48. The number of amidine groups is 1. The Morgan fingerprint density at radius 3 is 2.63 bits per heavy atom. The van der Waals surface area contributed by atoms with Crippen LogP contribution in [-0.2, 0) is 4.79 Å². The largest absolute Gasteiger partial charge is 0.495 e. The van der Waals surface area contributed by atoms with Crippen LogP contribution in [-0.4, -0.2) is 31.8 Å². The number of benzene rings is 2. The normalized spacial score (nSPS) is 15.7. The smallest absolute Gasteiger partial charge is 0.200 e. The highest BCUT2D eigenvalue weighted by atomic mass is 79.9. The Hall–Kier alpha value is -2.41. The van der Waals surface area contributed by atoms with E-state index < -0.39 is 0 Å². The molecular formula is C20H21BrFN3O2. The summed E-state index contributed by atoms with van der Waals surface area (Å²) in [7, 11) is 1.65. The van der Waals surface area contributed by atoms with Crippen LogP contribution in [0, 0.1) is 11.7 Å². The third-order valence-corrected chi connectivity index (χ3v) is 5.30. The van der Waals surface area contributed by atoms with Crippen molar-refractivity contribution in [2.45, 2.75) is 12.8 Å². The van der Waals surface area contributed by atoms with Crippen molar-refractivity contribution < 1.29 is 13.9 Å². The molecule has 0 bridgehead atoms. The summed E-state index contributed by atoms with van der Waals surface area (Å²) in [6, 6.07) is 12.1. The third kappa shape index (κ3) is 4.47. The fraction of sp³-hybridized carbons (Fsp3) is 0.300. The lowest BCUT2D eigenvalue weighted by Gasteiger charge is -2.33. The highest BCUT2D eigenvalue weighted by Gasteiger charge is 2.28. The molecule has 1 saturated heterocycles. The lowest BCUT2D eigenvalue weighted by atomic mass is 9.91. The van der Waals surface area contributed by atoms with Crippen molar-refractivity contribution in [3.05, 3.63) is 52.8 Å². The van der Waals surface area contributed by atoms with Crippen LogP contribution >= 0.6 is 15.9 Å². The lowest BCUT2D eigenvalue weighted by Crippen LogP contribution is -2.40. The van der Waals surface area contributed by atoms with Crippen molar-refractivity contribution in [3.63, 3.8) is 0 Å². The average Bonchev–Trinajstić information content (AvgIpc) is 2.70. The summed E-state index contributed by atoms with van der Waals surface area (Å²) in [6.07, 6.45) is 1.39. The van der Waals surface area contributed by atoms with Gasteiger partial charge >= 0.3 is 0 Å². The molecule has 7 heteroatoms. The number of carbonyl (C=O) groups is 1. The van der Waals surface area contributed by atoms with Crippen LogP contribution in [0.1, 0.15) is 12.8 Å². The first-order valence-corrected chi connectivity index (χ1v) is 9.50. The van der Waals surface area contributed by atoms with E-state index in [9.17, 15) is 9.18 Å². The Morgan fingerprint density at radius 2 is 1.96 bits per heavy atom. The molecule has 5 nitrogen and oxygen atoms in total. The lowest BCUT2D eigenvalue weighted by molar-refractivity contribution is -0.117. The predicted molar refractivity (Wildman–Crippen MR) is 108 cm³/mol. The summed E-state index contributed by atoms with van der Waals surface area (Å²) in [5.41, 5.74) is 7.39. The molecule has 1 fully saturated rings. The Labute approximate surface area is 166 Å². The number of ether oxygens (including phenoxy) is 1. The van der Waals surface area contributed by atoms with Crippen molar-refractivity contribution >= 4 is 38.9 Å². The molecule has 3 rings (SSSR count). The van der Waals surface area contributed by atoms with Crippen LogP contribution in [0.3, 0.4) is 0 Å². The van der Waals surface area contributed by atoms with Crippen molar-refractivity contribution in [1.29, 1.82) is 0 Å². The monoisotopic (exact) mass is 433 g/mol. The number of halogens is 2. The maximum atomic E-state index is 13.3. The number of para-hydroxylation sites is 2. The van der Waals surface area contributed by atoms with Gasteiger partial charge < -0.3 is 15.4 Å². The van der Waals surface area contributed by atoms with Crippen LogP contribution in [0.5, 0.6) is 5.75 Å².